The summed E-state index contributed by atoms with van der Waals surface area (Å²) in [6.07, 6.45) is 4.57. The molecule has 0 amide bonds. The quantitative estimate of drug-likeness (QED) is 0.284. The topological polar surface area (TPSA) is 104 Å². The third kappa shape index (κ3) is 7.39. The van der Waals surface area contributed by atoms with Gasteiger partial charge in [-0.3, -0.25) is 14.8 Å². The molecule has 0 saturated carbocycles. The van der Waals surface area contributed by atoms with Gasteiger partial charge in [-0.1, -0.05) is 18.7 Å². The van der Waals surface area contributed by atoms with Crippen molar-refractivity contribution < 1.29 is 28.5 Å². The number of benzene rings is 1. The van der Waals surface area contributed by atoms with Gasteiger partial charge in [0.25, 0.3) is 0 Å². The molecule has 4 heterocycles. The molecule has 1 saturated heterocycles. The van der Waals surface area contributed by atoms with E-state index in [1.807, 2.05) is 31.2 Å². The maximum atomic E-state index is 11.9. The van der Waals surface area contributed by atoms with E-state index < -0.39 is 0 Å². The van der Waals surface area contributed by atoms with E-state index in [9.17, 15) is 4.79 Å². The van der Waals surface area contributed by atoms with E-state index in [0.717, 1.165) is 45.9 Å². The fourth-order valence-corrected chi connectivity index (χ4v) is 5.63. The summed E-state index contributed by atoms with van der Waals surface area (Å²) in [5.41, 5.74) is 2.65. The first-order valence-electron chi connectivity index (χ1n) is 13.4. The molecule has 1 aromatic carbocycles. The fourth-order valence-electron chi connectivity index (χ4n) is 4.51. The molecule has 0 bridgehead atoms. The number of ether oxygens (including phenoxy) is 5. The molecule has 208 valence electrons. The Morgan fingerprint density at radius 2 is 2.03 bits per heavy atom. The molecule has 3 aromatic rings. The van der Waals surface area contributed by atoms with Crippen molar-refractivity contribution in [3.63, 3.8) is 0 Å². The van der Waals surface area contributed by atoms with Crippen LogP contribution in [0.3, 0.4) is 0 Å². The lowest BCUT2D eigenvalue weighted by atomic mass is 10.1. The molecule has 2 aliphatic rings. The van der Waals surface area contributed by atoms with E-state index in [0.29, 0.717) is 63.9 Å². The van der Waals surface area contributed by atoms with Gasteiger partial charge < -0.3 is 28.7 Å². The SMILES string of the molecule is CCC(=O)CC1CN=C(c2cc3cc(Oc4ccc(COCCOC)nc4)cc(OC4CCOCC4)c3[nH]2)S1. The van der Waals surface area contributed by atoms with Gasteiger partial charge in [0.15, 0.2) is 0 Å². The van der Waals surface area contributed by atoms with E-state index in [1.165, 1.54) is 0 Å². The van der Waals surface area contributed by atoms with Crippen LogP contribution >= 0.6 is 11.8 Å². The molecule has 5 rings (SSSR count). The number of methoxy groups -OCH3 is 1. The molecular weight excluding hydrogens is 518 g/mol. The lowest BCUT2D eigenvalue weighted by Crippen LogP contribution is -2.25. The van der Waals surface area contributed by atoms with Crippen molar-refractivity contribution >= 4 is 33.5 Å². The average Bonchev–Trinajstić information content (AvgIpc) is 3.60. The maximum absolute atomic E-state index is 11.9. The summed E-state index contributed by atoms with van der Waals surface area (Å²) in [5.74, 6) is 2.30. The molecule has 2 aromatic heterocycles. The number of aliphatic imine (C=N–C) groups is 1. The number of carbonyl (C=O) groups is 1. The second kappa shape index (κ2) is 13.4. The standard InChI is InChI=1S/C29H35N3O6S/c1-3-21(33)14-25-17-31-29(39-25)26-13-19-12-24(15-27(28(19)32-26)38-22-6-8-35-9-7-22)37-23-5-4-20(30-16-23)18-36-11-10-34-2/h4-5,12-13,15-16,22,25,32H,3,6-11,14,17-18H2,1-2H3. The Kier molecular flexibility index (Phi) is 9.52. The Bertz CT molecular complexity index is 1290. The minimum Gasteiger partial charge on any atom is -0.488 e. The number of carbonyl (C=O) groups excluding carboxylic acids is 1. The first-order chi connectivity index (χ1) is 19.1. The van der Waals surface area contributed by atoms with Crippen LogP contribution < -0.4 is 9.47 Å². The van der Waals surface area contributed by atoms with Crippen molar-refractivity contribution in [1.29, 1.82) is 0 Å². The number of ketones is 1. The van der Waals surface area contributed by atoms with E-state index in [1.54, 1.807) is 25.1 Å². The number of H-pyrrole nitrogens is 1. The molecule has 1 N–H and O–H groups in total. The minimum atomic E-state index is 0.0747. The highest BCUT2D eigenvalue weighted by Crippen LogP contribution is 2.37. The van der Waals surface area contributed by atoms with Crippen LogP contribution in [0, 0.1) is 0 Å². The number of aromatic nitrogens is 2. The van der Waals surface area contributed by atoms with Crippen LogP contribution in [0.5, 0.6) is 17.2 Å². The van der Waals surface area contributed by atoms with Gasteiger partial charge in [-0.2, -0.15) is 0 Å². The van der Waals surface area contributed by atoms with Gasteiger partial charge in [0.1, 0.15) is 34.2 Å². The molecule has 0 radical (unpaired) electrons. The zero-order valence-electron chi connectivity index (χ0n) is 22.4. The first-order valence-corrected chi connectivity index (χ1v) is 14.3. The van der Waals surface area contributed by atoms with Crippen LogP contribution in [0.25, 0.3) is 10.9 Å². The Morgan fingerprint density at radius 1 is 1.15 bits per heavy atom. The van der Waals surface area contributed by atoms with Gasteiger partial charge in [-0.25, -0.2) is 0 Å². The van der Waals surface area contributed by atoms with Crippen molar-refractivity contribution in [1.82, 2.24) is 9.97 Å². The highest BCUT2D eigenvalue weighted by Gasteiger charge is 2.25. The van der Waals surface area contributed by atoms with Crippen molar-refractivity contribution in [2.75, 3.05) is 40.1 Å². The van der Waals surface area contributed by atoms with Gasteiger partial charge in [-0.15, -0.1) is 0 Å². The van der Waals surface area contributed by atoms with Crippen molar-refractivity contribution in [3.05, 3.63) is 47.9 Å². The lowest BCUT2D eigenvalue weighted by molar-refractivity contribution is -0.118. The van der Waals surface area contributed by atoms with Gasteiger partial charge in [0, 0.05) is 49.5 Å². The average molecular weight is 554 g/mol. The smallest absolute Gasteiger partial charge is 0.147 e. The number of Topliss-reactive ketones (excluding diaryl/α,β-unsaturated/α-hetero) is 1. The number of aromatic amines is 1. The molecular formula is C29H35N3O6S. The van der Waals surface area contributed by atoms with Crippen LogP contribution in [0.4, 0.5) is 0 Å². The summed E-state index contributed by atoms with van der Waals surface area (Å²) in [6.45, 7) is 5.43. The Morgan fingerprint density at radius 3 is 2.79 bits per heavy atom. The molecule has 1 unspecified atom stereocenters. The monoisotopic (exact) mass is 553 g/mol. The van der Waals surface area contributed by atoms with Crippen LogP contribution in [0.15, 0.2) is 41.5 Å². The second-order valence-electron chi connectivity index (χ2n) is 9.61. The third-order valence-electron chi connectivity index (χ3n) is 6.64. The largest absolute Gasteiger partial charge is 0.488 e. The normalized spacial score (nSPS) is 17.9. The lowest BCUT2D eigenvalue weighted by Gasteiger charge is -2.24. The van der Waals surface area contributed by atoms with E-state index in [4.69, 9.17) is 28.7 Å². The summed E-state index contributed by atoms with van der Waals surface area (Å²) in [5, 5.41) is 2.08. The Labute approximate surface area is 232 Å². The molecule has 9 nitrogen and oxygen atoms in total. The van der Waals surface area contributed by atoms with Gasteiger partial charge in [-0.05, 0) is 24.3 Å². The fraction of sp³-hybridized carbons (Fsp3) is 0.483. The predicted molar refractivity (Wildman–Crippen MR) is 151 cm³/mol. The van der Waals surface area contributed by atoms with E-state index >= 15 is 0 Å². The number of fused-ring (bicyclic) bond motifs is 1. The molecule has 0 spiro atoms. The summed E-state index contributed by atoms with van der Waals surface area (Å²) in [4.78, 5) is 24.6. The first kappa shape index (κ1) is 27.6. The van der Waals surface area contributed by atoms with Gasteiger partial charge >= 0.3 is 0 Å². The number of thioether (sulfide) groups is 1. The highest BCUT2D eigenvalue weighted by atomic mass is 32.2. The number of nitrogens with one attached hydrogen (secondary N) is 1. The molecule has 1 fully saturated rings. The molecule has 10 heteroatoms. The van der Waals surface area contributed by atoms with Crippen LogP contribution in [0.1, 0.15) is 44.0 Å². The van der Waals surface area contributed by atoms with Crippen LogP contribution in [-0.4, -0.2) is 72.2 Å². The zero-order chi connectivity index (χ0) is 27.0. The summed E-state index contributed by atoms with van der Waals surface area (Å²) < 4.78 is 28.7. The van der Waals surface area contributed by atoms with Gasteiger partial charge in [0.2, 0.25) is 0 Å². The van der Waals surface area contributed by atoms with Crippen molar-refractivity contribution in [2.45, 2.75) is 50.6 Å². The second-order valence-corrected chi connectivity index (χ2v) is 10.9. The molecule has 1 atom stereocenters. The maximum Gasteiger partial charge on any atom is 0.147 e. The molecule has 2 aliphatic heterocycles. The van der Waals surface area contributed by atoms with Crippen molar-refractivity contribution in [3.8, 4) is 17.2 Å². The Hall–Kier alpha value is -2.92. The van der Waals surface area contributed by atoms with E-state index in [-0.39, 0.29) is 17.1 Å². The summed E-state index contributed by atoms with van der Waals surface area (Å²) >= 11 is 1.66. The zero-order valence-corrected chi connectivity index (χ0v) is 23.3. The van der Waals surface area contributed by atoms with Crippen LogP contribution in [-0.2, 0) is 25.6 Å². The van der Waals surface area contributed by atoms with E-state index in [2.05, 4.69) is 16.0 Å². The minimum absolute atomic E-state index is 0.0747. The predicted octanol–water partition coefficient (Wildman–Crippen LogP) is 5.31. The summed E-state index contributed by atoms with van der Waals surface area (Å²) in [7, 11) is 1.65. The number of rotatable bonds is 13. The summed E-state index contributed by atoms with van der Waals surface area (Å²) in [6, 6.07) is 9.77. The molecule has 39 heavy (non-hydrogen) atoms. The number of nitrogens with zero attached hydrogens (tertiary/aromatic N) is 2. The third-order valence-corrected chi connectivity index (χ3v) is 7.86. The highest BCUT2D eigenvalue weighted by molar-refractivity contribution is 8.15. The number of pyridine rings is 1. The Balaban J connectivity index is 1.35. The van der Waals surface area contributed by atoms with Crippen LogP contribution in [0.2, 0.25) is 0 Å². The molecule has 0 aliphatic carbocycles. The van der Waals surface area contributed by atoms with Crippen molar-refractivity contribution in [2.24, 2.45) is 4.99 Å². The van der Waals surface area contributed by atoms with Gasteiger partial charge in [0.05, 0.1) is 62.7 Å². The number of hydrogen-bond donors (Lipinski definition) is 1. The number of hydrogen-bond acceptors (Lipinski definition) is 9.